The molecule has 2 atom stereocenters. The zero-order valence-corrected chi connectivity index (χ0v) is 31.5. The molecular weight excluding hydrogens is 777 g/mol. The first-order valence-electron chi connectivity index (χ1n) is 15.4. The molecule has 7 rings (SSSR count). The molecule has 16 nitrogen and oxygen atoms in total. The molecule has 2 aromatic carbocycles. The van der Waals surface area contributed by atoms with E-state index in [9.17, 15) is 9.59 Å². The van der Waals surface area contributed by atoms with E-state index in [0.717, 1.165) is 20.4 Å². The molecule has 2 amide bonds. The number of amides is 2. The van der Waals surface area contributed by atoms with Crippen LogP contribution in [0.2, 0.25) is 0 Å². The number of nitrogens with one attached hydrogen (secondary N) is 2. The van der Waals surface area contributed by atoms with Gasteiger partial charge in [-0.1, -0.05) is 81.8 Å². The topological polar surface area (TPSA) is 210 Å². The lowest BCUT2D eigenvalue weighted by Gasteiger charge is -2.07. The zero-order chi connectivity index (χ0) is 36.6. The van der Waals surface area contributed by atoms with Crippen LogP contribution in [0.4, 0.5) is 10.3 Å². The standard InChI is InChI=1S/C32H24N12O4S5/c1-17(27(45)39-35-25(21-11-7-15-47-21)37-41-29-33-19-9-3-5-13-23(19)51-29)49-31-43-44-32(53-31)50-18(2)28(46)40-36-26(22-12-8-16-48-22)38-42-30-34-20-10-4-6-14-24(20)52-30/h3-18H,1-2H3,(H,39,45)(H,40,46). The summed E-state index contributed by atoms with van der Waals surface area (Å²) < 4.78 is 13.9. The molecule has 0 saturated heterocycles. The fourth-order valence-electron chi connectivity index (χ4n) is 4.15. The first-order valence-corrected chi connectivity index (χ1v) is 19.6. The van der Waals surface area contributed by atoms with Crippen molar-refractivity contribution in [2.45, 2.75) is 33.0 Å². The molecule has 0 aliphatic carbocycles. The summed E-state index contributed by atoms with van der Waals surface area (Å²) >= 11 is 6.38. The number of hydrogen-bond donors (Lipinski definition) is 2. The molecular formula is C32H24N12O4S5. The monoisotopic (exact) mass is 800 g/mol. The Bertz CT molecular complexity index is 2230. The van der Waals surface area contributed by atoms with Gasteiger partial charge in [-0.3, -0.25) is 9.59 Å². The summed E-state index contributed by atoms with van der Waals surface area (Å²) in [5.74, 6) is -0.0433. The Labute approximate surface area is 320 Å². The highest BCUT2D eigenvalue weighted by molar-refractivity contribution is 8.04. The largest absolute Gasteiger partial charge is 0.461 e. The minimum atomic E-state index is -0.601. The molecule has 21 heteroatoms. The number of aromatic nitrogens is 4. The van der Waals surface area contributed by atoms with Crippen LogP contribution in [0.3, 0.4) is 0 Å². The van der Waals surface area contributed by atoms with Crippen LogP contribution in [-0.2, 0) is 9.59 Å². The van der Waals surface area contributed by atoms with Crippen molar-refractivity contribution in [2.75, 3.05) is 0 Å². The number of hydrogen-bond acceptors (Lipinski definition) is 17. The molecule has 0 aliphatic heterocycles. The van der Waals surface area contributed by atoms with Crippen LogP contribution in [0.15, 0.2) is 133 Å². The fourth-order valence-corrected chi connectivity index (χ4v) is 9.02. The Kier molecular flexibility index (Phi) is 11.4. The van der Waals surface area contributed by atoms with Gasteiger partial charge in [0.25, 0.3) is 11.8 Å². The van der Waals surface area contributed by atoms with Crippen molar-refractivity contribution in [3.05, 3.63) is 96.8 Å². The first kappa shape index (κ1) is 35.9. The van der Waals surface area contributed by atoms with Crippen LogP contribution in [0.1, 0.15) is 25.4 Å². The Morgan fingerprint density at radius 2 is 1.09 bits per heavy atom. The Morgan fingerprint density at radius 3 is 1.51 bits per heavy atom. The van der Waals surface area contributed by atoms with E-state index in [2.05, 4.69) is 61.7 Å². The Hall–Kier alpha value is -5.48. The SMILES string of the molecule is CC(Sc1nnc(SC(C)C(=O)NN=C(N=Nc2nc3ccccc3s2)c2ccco2)s1)C(=O)NN=C(N=Nc1nc2ccccc2s1)c1ccco1. The van der Waals surface area contributed by atoms with E-state index in [1.807, 2.05) is 48.5 Å². The number of thiazole rings is 2. The van der Waals surface area contributed by atoms with E-state index in [1.54, 1.807) is 38.1 Å². The molecule has 53 heavy (non-hydrogen) atoms. The van der Waals surface area contributed by atoms with E-state index >= 15 is 0 Å². The van der Waals surface area contributed by atoms with Gasteiger partial charge in [-0.05, 0) is 62.4 Å². The summed E-state index contributed by atoms with van der Waals surface area (Å²) in [6.07, 6.45) is 2.94. The molecule has 266 valence electrons. The molecule has 5 heterocycles. The highest BCUT2D eigenvalue weighted by Gasteiger charge is 2.21. The van der Waals surface area contributed by atoms with Gasteiger partial charge >= 0.3 is 0 Å². The number of amidine groups is 2. The second-order valence-electron chi connectivity index (χ2n) is 10.5. The lowest BCUT2D eigenvalue weighted by Crippen LogP contribution is -2.27. The number of nitrogens with zero attached hydrogens (tertiary/aromatic N) is 10. The molecule has 0 aliphatic rings. The van der Waals surface area contributed by atoms with Gasteiger partial charge in [0.1, 0.15) is 0 Å². The lowest BCUT2D eigenvalue weighted by atomic mass is 10.3. The van der Waals surface area contributed by atoms with Gasteiger partial charge in [0.2, 0.25) is 21.9 Å². The third kappa shape index (κ3) is 9.31. The first-order chi connectivity index (χ1) is 25.9. The molecule has 5 aromatic heterocycles. The summed E-state index contributed by atoms with van der Waals surface area (Å²) in [6.45, 7) is 3.41. The minimum absolute atomic E-state index is 0.0681. The number of carbonyl (C=O) groups excluding carboxylic acids is 2. The maximum Gasteiger partial charge on any atom is 0.253 e. The van der Waals surface area contributed by atoms with Gasteiger partial charge in [-0.2, -0.15) is 0 Å². The summed E-state index contributed by atoms with van der Waals surface area (Å²) in [6, 6.07) is 22.0. The summed E-state index contributed by atoms with van der Waals surface area (Å²) in [5, 5.41) is 33.1. The van der Waals surface area contributed by atoms with E-state index in [1.165, 1.54) is 70.1 Å². The predicted molar refractivity (Wildman–Crippen MR) is 206 cm³/mol. The average molecular weight is 801 g/mol. The number of fused-ring (bicyclic) bond motifs is 2. The number of para-hydroxylation sites is 2. The smallest absolute Gasteiger partial charge is 0.253 e. The molecule has 0 fully saturated rings. The Morgan fingerprint density at radius 1 is 0.642 bits per heavy atom. The number of azo groups is 2. The zero-order valence-electron chi connectivity index (χ0n) is 27.4. The number of thioether (sulfide) groups is 2. The third-order valence-electron chi connectivity index (χ3n) is 6.73. The van der Waals surface area contributed by atoms with Crippen LogP contribution in [0, 0.1) is 0 Å². The van der Waals surface area contributed by atoms with Crippen molar-refractivity contribution in [1.29, 1.82) is 0 Å². The molecule has 0 radical (unpaired) electrons. The quantitative estimate of drug-likeness (QED) is 0.0396. The van der Waals surface area contributed by atoms with Crippen LogP contribution in [0.25, 0.3) is 20.4 Å². The van der Waals surface area contributed by atoms with Gasteiger partial charge < -0.3 is 8.83 Å². The van der Waals surface area contributed by atoms with Crippen molar-refractivity contribution < 1.29 is 18.4 Å². The Balaban J connectivity index is 0.937. The average Bonchev–Trinajstić information content (AvgIpc) is 4.02. The van der Waals surface area contributed by atoms with Crippen LogP contribution in [0.5, 0.6) is 0 Å². The number of benzene rings is 2. The van der Waals surface area contributed by atoms with Crippen molar-refractivity contribution in [3.63, 3.8) is 0 Å². The number of furan rings is 2. The number of rotatable bonds is 12. The minimum Gasteiger partial charge on any atom is -0.461 e. The summed E-state index contributed by atoms with van der Waals surface area (Å²) in [5.41, 5.74) is 6.67. The van der Waals surface area contributed by atoms with Crippen LogP contribution < -0.4 is 10.9 Å². The van der Waals surface area contributed by atoms with E-state index < -0.39 is 22.3 Å². The predicted octanol–water partition coefficient (Wildman–Crippen LogP) is 8.43. The highest BCUT2D eigenvalue weighted by atomic mass is 32.2. The molecule has 2 unspecified atom stereocenters. The maximum atomic E-state index is 13.0. The number of hydrazone groups is 2. The van der Waals surface area contributed by atoms with Crippen molar-refractivity contribution in [2.24, 2.45) is 30.7 Å². The molecule has 0 spiro atoms. The van der Waals surface area contributed by atoms with Crippen LogP contribution >= 0.6 is 57.5 Å². The number of carbonyl (C=O) groups is 2. The van der Waals surface area contributed by atoms with Crippen LogP contribution in [-0.4, -0.2) is 54.2 Å². The lowest BCUT2D eigenvalue weighted by molar-refractivity contribution is -0.121. The van der Waals surface area contributed by atoms with Gasteiger partial charge in [0, 0.05) is 0 Å². The summed E-state index contributed by atoms with van der Waals surface area (Å²) in [4.78, 5) is 34.8. The molecule has 0 saturated carbocycles. The van der Waals surface area contributed by atoms with Gasteiger partial charge in [-0.15, -0.1) is 40.9 Å². The normalized spacial score (nSPS) is 13.7. The fraction of sp³-hybridized carbons (Fsp3) is 0.125. The van der Waals surface area contributed by atoms with Crippen molar-refractivity contribution >= 4 is 112 Å². The van der Waals surface area contributed by atoms with Crippen molar-refractivity contribution in [1.82, 2.24) is 31.0 Å². The van der Waals surface area contributed by atoms with Crippen molar-refractivity contribution in [3.8, 4) is 0 Å². The second kappa shape index (κ2) is 16.9. The van der Waals surface area contributed by atoms with E-state index in [-0.39, 0.29) is 11.7 Å². The molecule has 2 N–H and O–H groups in total. The molecule has 0 bridgehead atoms. The summed E-state index contributed by atoms with van der Waals surface area (Å²) in [7, 11) is 0. The van der Waals surface area contributed by atoms with E-state index in [0.29, 0.717) is 30.5 Å². The third-order valence-corrected chi connectivity index (χ3v) is 11.9. The van der Waals surface area contributed by atoms with Gasteiger partial charge in [0.05, 0.1) is 43.5 Å². The van der Waals surface area contributed by atoms with E-state index in [4.69, 9.17) is 8.83 Å². The highest BCUT2D eigenvalue weighted by Crippen LogP contribution is 2.33. The van der Waals surface area contributed by atoms with Gasteiger partial charge in [-0.25, -0.2) is 20.8 Å². The van der Waals surface area contributed by atoms with Gasteiger partial charge in [0.15, 0.2) is 20.2 Å². The second-order valence-corrected chi connectivity index (χ2v) is 16.6. The molecule has 7 aromatic rings. The maximum absolute atomic E-state index is 13.0.